The van der Waals surface area contributed by atoms with Gasteiger partial charge in [0.2, 0.25) is 0 Å². The van der Waals surface area contributed by atoms with Gasteiger partial charge < -0.3 is 11.1 Å². The minimum atomic E-state index is -2.22. The van der Waals surface area contributed by atoms with Gasteiger partial charge in [0.1, 0.15) is 17.7 Å². The molecule has 2 aromatic carbocycles. The van der Waals surface area contributed by atoms with Gasteiger partial charge in [-0.1, -0.05) is 24.6 Å². The predicted molar refractivity (Wildman–Crippen MR) is 148 cm³/mol. The minimum absolute atomic E-state index is 0.0313. The third-order valence-corrected chi connectivity index (χ3v) is 6.82. The van der Waals surface area contributed by atoms with Crippen LogP contribution in [0.2, 0.25) is 0 Å². The van der Waals surface area contributed by atoms with Gasteiger partial charge in [0.05, 0.1) is 16.9 Å². The van der Waals surface area contributed by atoms with Crippen molar-refractivity contribution in [3.63, 3.8) is 0 Å². The lowest BCUT2D eigenvalue weighted by molar-refractivity contribution is 0.335. The normalized spacial score (nSPS) is 18.8. The van der Waals surface area contributed by atoms with E-state index >= 15 is 0 Å². The predicted octanol–water partition coefficient (Wildman–Crippen LogP) is 4.25. The van der Waals surface area contributed by atoms with Crippen molar-refractivity contribution in [2.45, 2.75) is 31.7 Å². The van der Waals surface area contributed by atoms with Gasteiger partial charge in [-0.25, -0.2) is 13.3 Å². The van der Waals surface area contributed by atoms with Gasteiger partial charge >= 0.3 is 0 Å². The lowest BCUT2D eigenvalue weighted by atomic mass is 9.86. The molecule has 4 rings (SSSR count). The molecule has 1 saturated carbocycles. The number of hydrogen-bond acceptors (Lipinski definition) is 6. The first-order valence-electron chi connectivity index (χ1n) is 12.3. The third-order valence-electron chi connectivity index (χ3n) is 6.50. The summed E-state index contributed by atoms with van der Waals surface area (Å²) < 4.78 is 38.9. The van der Waals surface area contributed by atoms with Gasteiger partial charge in [0, 0.05) is 49.3 Å². The highest BCUT2D eigenvalue weighted by molar-refractivity contribution is 7.77. The molecule has 1 aromatic heterocycles. The van der Waals surface area contributed by atoms with Crippen molar-refractivity contribution < 1.29 is 13.2 Å². The van der Waals surface area contributed by atoms with Crippen molar-refractivity contribution >= 4 is 28.9 Å². The zero-order valence-corrected chi connectivity index (χ0v) is 21.8. The molecule has 0 bridgehead atoms. The Bertz CT molecular complexity index is 1410. The Morgan fingerprint density at radius 3 is 2.89 bits per heavy atom. The standard InChI is InChI=1S/C27H30FN7O2S/c1-31-16-22(17-33-38(36)37)19-5-3-7-24(11-19)35-26(20-8-9-21(14-29)25(28)12-20)13-27(34-35)32-15-18-4-2-6-23(30)10-18/h3,5,7-9,11-13,16-18,23,33H,2,4,6,10,15,30H2,1H3,(H,32,34)(H,36,37)/b22-17+,31-16?/t18-,23-/m0/s1. The van der Waals surface area contributed by atoms with Crippen molar-refractivity contribution in [1.29, 1.82) is 5.26 Å². The fourth-order valence-corrected chi connectivity index (χ4v) is 4.90. The Morgan fingerprint density at radius 1 is 1.34 bits per heavy atom. The second-order valence-electron chi connectivity index (χ2n) is 9.21. The molecule has 1 heterocycles. The number of rotatable bonds is 9. The lowest BCUT2D eigenvalue weighted by Crippen LogP contribution is -2.31. The number of anilines is 1. The number of aromatic nitrogens is 2. The number of allylic oxidation sites excluding steroid dienone is 1. The summed E-state index contributed by atoms with van der Waals surface area (Å²) in [6, 6.07) is 15.8. The van der Waals surface area contributed by atoms with Gasteiger partial charge in [-0.05, 0) is 55.0 Å². The molecular formula is C27H30FN7O2S. The van der Waals surface area contributed by atoms with Gasteiger partial charge in [-0.2, -0.15) is 5.26 Å². The van der Waals surface area contributed by atoms with E-state index in [0.717, 1.165) is 37.8 Å². The van der Waals surface area contributed by atoms with Crippen molar-refractivity contribution in [3.8, 4) is 23.0 Å². The maximum Gasteiger partial charge on any atom is 0.258 e. The molecule has 5 N–H and O–H groups in total. The minimum Gasteiger partial charge on any atom is -0.368 e. The summed E-state index contributed by atoms with van der Waals surface area (Å²) in [7, 11) is 1.61. The van der Waals surface area contributed by atoms with Gasteiger partial charge in [-0.3, -0.25) is 14.3 Å². The quantitative estimate of drug-likeness (QED) is 0.238. The number of nitriles is 1. The van der Waals surface area contributed by atoms with Crippen LogP contribution in [0.1, 0.15) is 36.8 Å². The Morgan fingerprint density at radius 2 is 2.18 bits per heavy atom. The number of aliphatic imine (C=N–C) groups is 1. The molecule has 1 unspecified atom stereocenters. The molecule has 9 nitrogen and oxygen atoms in total. The molecule has 3 atom stereocenters. The molecule has 1 aliphatic rings. The van der Waals surface area contributed by atoms with E-state index in [-0.39, 0.29) is 11.6 Å². The largest absolute Gasteiger partial charge is 0.368 e. The molecule has 0 amide bonds. The van der Waals surface area contributed by atoms with E-state index in [1.54, 1.807) is 24.0 Å². The summed E-state index contributed by atoms with van der Waals surface area (Å²) in [4.78, 5) is 4.04. The van der Waals surface area contributed by atoms with E-state index in [2.05, 4.69) is 15.0 Å². The average Bonchev–Trinajstić information content (AvgIpc) is 3.34. The van der Waals surface area contributed by atoms with Crippen molar-refractivity contribution in [1.82, 2.24) is 14.5 Å². The van der Waals surface area contributed by atoms with E-state index in [1.807, 2.05) is 36.4 Å². The molecule has 1 aliphatic carbocycles. The van der Waals surface area contributed by atoms with E-state index in [0.29, 0.717) is 34.3 Å². The van der Waals surface area contributed by atoms with Crippen LogP contribution in [0, 0.1) is 23.1 Å². The van der Waals surface area contributed by atoms with E-state index in [4.69, 9.17) is 20.6 Å². The maximum absolute atomic E-state index is 14.6. The molecule has 0 aliphatic heterocycles. The molecular weight excluding hydrogens is 505 g/mol. The summed E-state index contributed by atoms with van der Waals surface area (Å²) in [6.07, 6.45) is 7.21. The Labute approximate surface area is 223 Å². The van der Waals surface area contributed by atoms with Crippen LogP contribution in [0.3, 0.4) is 0 Å². The van der Waals surface area contributed by atoms with Crippen molar-refractivity contribution in [2.24, 2.45) is 16.6 Å². The fourth-order valence-electron chi connectivity index (χ4n) is 4.67. The van der Waals surface area contributed by atoms with Crippen molar-refractivity contribution in [3.05, 3.63) is 71.7 Å². The Kier molecular flexibility index (Phi) is 9.02. The number of nitrogens with zero attached hydrogens (tertiary/aromatic N) is 4. The van der Waals surface area contributed by atoms with Crippen LogP contribution in [-0.4, -0.2) is 44.4 Å². The summed E-state index contributed by atoms with van der Waals surface area (Å²) in [6.45, 7) is 0.732. The lowest BCUT2D eigenvalue weighted by Gasteiger charge is -2.26. The van der Waals surface area contributed by atoms with Crippen molar-refractivity contribution in [2.75, 3.05) is 18.9 Å². The number of nitrogens with one attached hydrogen (secondary N) is 2. The van der Waals surface area contributed by atoms with Crippen LogP contribution in [0.15, 0.2) is 59.7 Å². The second-order valence-corrected chi connectivity index (χ2v) is 9.94. The Balaban J connectivity index is 1.73. The highest BCUT2D eigenvalue weighted by atomic mass is 32.2. The smallest absolute Gasteiger partial charge is 0.258 e. The van der Waals surface area contributed by atoms with Gasteiger partial charge in [0.25, 0.3) is 11.3 Å². The molecule has 11 heteroatoms. The zero-order valence-electron chi connectivity index (χ0n) is 21.0. The van der Waals surface area contributed by atoms with Crippen LogP contribution in [0.4, 0.5) is 10.2 Å². The fraction of sp³-hybridized carbons (Fsp3) is 0.296. The monoisotopic (exact) mass is 535 g/mol. The summed E-state index contributed by atoms with van der Waals surface area (Å²) in [5, 5.41) is 17.4. The van der Waals surface area contributed by atoms with E-state index in [1.165, 1.54) is 18.3 Å². The van der Waals surface area contributed by atoms with E-state index in [9.17, 15) is 8.60 Å². The first-order chi connectivity index (χ1) is 18.4. The molecule has 0 spiro atoms. The second kappa shape index (κ2) is 12.6. The molecule has 1 fully saturated rings. The highest BCUT2D eigenvalue weighted by Gasteiger charge is 2.20. The number of nitrogens with two attached hydrogens (primary N) is 1. The summed E-state index contributed by atoms with van der Waals surface area (Å²) in [5.74, 6) is 0.482. The first kappa shape index (κ1) is 27.2. The zero-order chi connectivity index (χ0) is 27.1. The van der Waals surface area contributed by atoms with Gasteiger partial charge in [0.15, 0.2) is 0 Å². The van der Waals surface area contributed by atoms with E-state index < -0.39 is 17.1 Å². The number of halogens is 1. The average molecular weight is 536 g/mol. The molecule has 0 saturated heterocycles. The number of benzene rings is 2. The summed E-state index contributed by atoms with van der Waals surface area (Å²) in [5.41, 5.74) is 9.33. The highest BCUT2D eigenvalue weighted by Crippen LogP contribution is 2.30. The third kappa shape index (κ3) is 6.72. The Hall–Kier alpha value is -3.85. The SMILES string of the molecule is CN=C/C(=C\NS(=O)O)c1cccc(-n2nc(NC[C@H]3CCC[C@H](N)C3)cc2-c2ccc(C#N)c(F)c2)c1. The molecule has 3 aromatic rings. The molecule has 0 radical (unpaired) electrons. The number of hydrogen-bond donors (Lipinski definition) is 4. The molecule has 38 heavy (non-hydrogen) atoms. The van der Waals surface area contributed by atoms with Gasteiger partial charge in [-0.15, -0.1) is 5.10 Å². The van der Waals surface area contributed by atoms with Crippen LogP contribution in [0.25, 0.3) is 22.5 Å². The maximum atomic E-state index is 14.6. The van der Waals surface area contributed by atoms with Crippen LogP contribution >= 0.6 is 0 Å². The summed E-state index contributed by atoms with van der Waals surface area (Å²) >= 11 is -2.22. The van der Waals surface area contributed by atoms with Crippen LogP contribution < -0.4 is 15.8 Å². The molecule has 198 valence electrons. The first-order valence-corrected chi connectivity index (χ1v) is 13.4. The topological polar surface area (TPSA) is 141 Å². The van der Waals surface area contributed by atoms with Crippen LogP contribution in [-0.2, 0) is 11.3 Å². The van der Waals surface area contributed by atoms with Crippen LogP contribution in [0.5, 0.6) is 0 Å².